The van der Waals surface area contributed by atoms with E-state index in [1.807, 2.05) is 39.0 Å². The van der Waals surface area contributed by atoms with Crippen molar-refractivity contribution in [2.75, 3.05) is 26.3 Å². The monoisotopic (exact) mass is 356 g/mol. The smallest absolute Gasteiger partial charge is 0.317 e. The summed E-state index contributed by atoms with van der Waals surface area (Å²) < 4.78 is 37.5. The van der Waals surface area contributed by atoms with Crippen LogP contribution < -0.4 is 14.8 Å². The molecule has 0 radical (unpaired) electrons. The molecule has 1 aliphatic rings. The van der Waals surface area contributed by atoms with Gasteiger partial charge in [0.05, 0.1) is 19.3 Å². The number of halogens is 2. The van der Waals surface area contributed by atoms with Gasteiger partial charge in [-0.05, 0) is 38.5 Å². The zero-order chi connectivity index (χ0) is 18.4. The van der Waals surface area contributed by atoms with Gasteiger partial charge >= 0.3 is 6.03 Å². The summed E-state index contributed by atoms with van der Waals surface area (Å²) in [4.78, 5) is 13.7. The molecule has 1 heterocycles. The van der Waals surface area contributed by atoms with E-state index in [0.717, 1.165) is 5.56 Å². The van der Waals surface area contributed by atoms with Gasteiger partial charge in [0.15, 0.2) is 11.5 Å². The predicted octanol–water partition coefficient (Wildman–Crippen LogP) is 3.99. The molecule has 7 heteroatoms. The van der Waals surface area contributed by atoms with Crippen molar-refractivity contribution >= 4 is 6.03 Å². The highest BCUT2D eigenvalue weighted by atomic mass is 19.3. The Hall–Kier alpha value is -2.05. The molecule has 0 saturated carbocycles. The van der Waals surface area contributed by atoms with Crippen molar-refractivity contribution in [2.45, 2.75) is 45.6 Å². The maximum absolute atomic E-state index is 13.2. The second-order valence-electron chi connectivity index (χ2n) is 6.09. The molecule has 5 nitrogen and oxygen atoms in total. The van der Waals surface area contributed by atoms with E-state index < -0.39 is 5.92 Å². The lowest BCUT2D eigenvalue weighted by Crippen LogP contribution is -2.47. The number of urea groups is 1. The molecule has 2 amide bonds. The van der Waals surface area contributed by atoms with Crippen molar-refractivity contribution in [2.24, 2.45) is 0 Å². The van der Waals surface area contributed by atoms with Crippen LogP contribution in [0.3, 0.4) is 0 Å². The van der Waals surface area contributed by atoms with Gasteiger partial charge in [-0.2, -0.15) is 0 Å². The molecule has 1 fully saturated rings. The number of alkyl halides is 2. The van der Waals surface area contributed by atoms with Gasteiger partial charge in [0, 0.05) is 25.9 Å². The number of likely N-dealkylation sites (tertiary alicyclic amines) is 1. The number of ether oxygens (including phenoxy) is 2. The van der Waals surface area contributed by atoms with E-state index in [9.17, 15) is 13.6 Å². The van der Waals surface area contributed by atoms with Gasteiger partial charge in [0.25, 0.3) is 5.92 Å². The Labute approximate surface area is 147 Å². The highest BCUT2D eigenvalue weighted by molar-refractivity contribution is 5.74. The number of benzene rings is 1. The molecule has 0 aromatic heterocycles. The van der Waals surface area contributed by atoms with Gasteiger partial charge in [-0.1, -0.05) is 6.07 Å². The molecule has 1 aromatic rings. The third-order valence-electron chi connectivity index (χ3n) is 4.19. The normalized spacial score (nSPS) is 17.7. The SMILES string of the molecule is CCOc1ccc([C@H](C)NC(=O)N2CCC(F)(F)CC2)cc1OCC. The summed E-state index contributed by atoms with van der Waals surface area (Å²) in [5.41, 5.74) is 0.864. The summed E-state index contributed by atoms with van der Waals surface area (Å²) in [6, 6.07) is 4.92. The molecule has 25 heavy (non-hydrogen) atoms. The molecule has 1 atom stereocenters. The van der Waals surface area contributed by atoms with Gasteiger partial charge in [0.2, 0.25) is 0 Å². The van der Waals surface area contributed by atoms with Crippen LogP contribution in [0.15, 0.2) is 18.2 Å². The third kappa shape index (κ3) is 5.21. The molecule has 2 rings (SSSR count). The zero-order valence-electron chi connectivity index (χ0n) is 15.0. The standard InChI is InChI=1S/C18H26F2N2O3/c1-4-24-15-7-6-14(12-16(15)25-5-2)13(3)21-17(23)22-10-8-18(19,20)9-11-22/h6-7,12-13H,4-5,8-11H2,1-3H3,(H,21,23)/t13-/m0/s1. The minimum absolute atomic E-state index is 0.0685. The number of nitrogens with zero attached hydrogens (tertiary/aromatic N) is 1. The summed E-state index contributed by atoms with van der Waals surface area (Å²) in [5.74, 6) is -1.38. The number of rotatable bonds is 6. The molecule has 1 aromatic carbocycles. The second-order valence-corrected chi connectivity index (χ2v) is 6.09. The molecule has 1 saturated heterocycles. The van der Waals surface area contributed by atoms with Gasteiger partial charge < -0.3 is 19.7 Å². The lowest BCUT2D eigenvalue weighted by molar-refractivity contribution is -0.0470. The molecule has 0 bridgehead atoms. The average Bonchev–Trinajstić information content (AvgIpc) is 2.56. The minimum atomic E-state index is -2.66. The number of hydrogen-bond donors (Lipinski definition) is 1. The number of amides is 2. The first-order valence-electron chi connectivity index (χ1n) is 8.69. The van der Waals surface area contributed by atoms with Gasteiger partial charge in [-0.3, -0.25) is 0 Å². The van der Waals surface area contributed by atoms with Gasteiger partial charge in [-0.15, -0.1) is 0 Å². The first kappa shape index (κ1) is 19.3. The van der Waals surface area contributed by atoms with E-state index in [0.29, 0.717) is 24.7 Å². The van der Waals surface area contributed by atoms with Crippen LogP contribution in [0.1, 0.15) is 45.2 Å². The Bertz CT molecular complexity index is 586. The topological polar surface area (TPSA) is 50.8 Å². The lowest BCUT2D eigenvalue weighted by Gasteiger charge is -2.32. The van der Waals surface area contributed by atoms with E-state index >= 15 is 0 Å². The average molecular weight is 356 g/mol. The number of carbonyl (C=O) groups is 1. The summed E-state index contributed by atoms with van der Waals surface area (Å²) in [7, 11) is 0. The molecule has 1 aliphatic heterocycles. The van der Waals surface area contributed by atoms with Gasteiger partial charge in [0.1, 0.15) is 0 Å². The van der Waals surface area contributed by atoms with E-state index in [-0.39, 0.29) is 38.0 Å². The molecule has 0 aliphatic carbocycles. The first-order valence-corrected chi connectivity index (χ1v) is 8.69. The van der Waals surface area contributed by atoms with Crippen molar-refractivity contribution in [3.63, 3.8) is 0 Å². The van der Waals surface area contributed by atoms with Crippen molar-refractivity contribution in [1.29, 1.82) is 0 Å². The number of piperidine rings is 1. The van der Waals surface area contributed by atoms with Crippen LogP contribution in [0.2, 0.25) is 0 Å². The highest BCUT2D eigenvalue weighted by Crippen LogP contribution is 2.31. The summed E-state index contributed by atoms with van der Waals surface area (Å²) in [6.07, 6.45) is -0.571. The fraction of sp³-hybridized carbons (Fsp3) is 0.611. The quantitative estimate of drug-likeness (QED) is 0.839. The largest absolute Gasteiger partial charge is 0.490 e. The molecule has 1 N–H and O–H groups in total. The van der Waals surface area contributed by atoms with Crippen LogP contribution in [0.4, 0.5) is 13.6 Å². The maximum Gasteiger partial charge on any atom is 0.317 e. The Morgan fingerprint density at radius 1 is 1.20 bits per heavy atom. The molecular weight excluding hydrogens is 330 g/mol. The maximum atomic E-state index is 13.2. The fourth-order valence-electron chi connectivity index (χ4n) is 2.73. The first-order chi connectivity index (χ1) is 11.9. The predicted molar refractivity (Wildman–Crippen MR) is 91.5 cm³/mol. The van der Waals surface area contributed by atoms with Crippen LogP contribution >= 0.6 is 0 Å². The van der Waals surface area contributed by atoms with E-state index in [1.165, 1.54) is 4.90 Å². The van der Waals surface area contributed by atoms with Crippen LogP contribution in [0, 0.1) is 0 Å². The number of carbonyl (C=O) groups excluding carboxylic acids is 1. The highest BCUT2D eigenvalue weighted by Gasteiger charge is 2.35. The van der Waals surface area contributed by atoms with Crippen molar-refractivity contribution in [1.82, 2.24) is 10.2 Å². The molecular formula is C18H26F2N2O3. The minimum Gasteiger partial charge on any atom is -0.490 e. The van der Waals surface area contributed by atoms with Crippen molar-refractivity contribution < 1.29 is 23.0 Å². The summed E-state index contributed by atoms with van der Waals surface area (Å²) in [6.45, 7) is 6.81. The molecule has 140 valence electrons. The number of nitrogens with one attached hydrogen (secondary N) is 1. The Kier molecular flexibility index (Phi) is 6.45. The van der Waals surface area contributed by atoms with Crippen LogP contribution in [-0.4, -0.2) is 43.2 Å². The Morgan fingerprint density at radius 2 is 1.80 bits per heavy atom. The number of hydrogen-bond acceptors (Lipinski definition) is 3. The van der Waals surface area contributed by atoms with Crippen molar-refractivity contribution in [3.05, 3.63) is 23.8 Å². The van der Waals surface area contributed by atoms with E-state index in [4.69, 9.17) is 9.47 Å². The molecule has 0 spiro atoms. The third-order valence-corrected chi connectivity index (χ3v) is 4.19. The van der Waals surface area contributed by atoms with Crippen LogP contribution in [0.5, 0.6) is 11.5 Å². The second kappa shape index (κ2) is 8.36. The van der Waals surface area contributed by atoms with E-state index in [2.05, 4.69) is 5.32 Å². The Balaban J connectivity index is 2.01. The molecule has 0 unspecified atom stereocenters. The fourth-order valence-corrected chi connectivity index (χ4v) is 2.73. The van der Waals surface area contributed by atoms with Crippen LogP contribution in [0.25, 0.3) is 0 Å². The summed E-state index contributed by atoms with van der Waals surface area (Å²) >= 11 is 0. The Morgan fingerprint density at radius 3 is 2.40 bits per heavy atom. The summed E-state index contributed by atoms with van der Waals surface area (Å²) in [5, 5.41) is 2.86. The van der Waals surface area contributed by atoms with Crippen molar-refractivity contribution in [3.8, 4) is 11.5 Å². The van der Waals surface area contributed by atoms with Crippen LogP contribution in [-0.2, 0) is 0 Å². The zero-order valence-corrected chi connectivity index (χ0v) is 15.0. The van der Waals surface area contributed by atoms with Gasteiger partial charge in [-0.25, -0.2) is 13.6 Å². The lowest BCUT2D eigenvalue weighted by atomic mass is 10.1. The van der Waals surface area contributed by atoms with E-state index in [1.54, 1.807) is 0 Å².